The highest BCUT2D eigenvalue weighted by Gasteiger charge is 2.33. The van der Waals surface area contributed by atoms with Crippen LogP contribution in [0.4, 0.5) is 13.2 Å². The molecule has 0 amide bonds. The van der Waals surface area contributed by atoms with E-state index in [-0.39, 0.29) is 5.92 Å². The zero-order valence-corrected chi connectivity index (χ0v) is 13.3. The molecule has 0 aliphatic rings. The van der Waals surface area contributed by atoms with Crippen LogP contribution in [0.3, 0.4) is 0 Å². The lowest BCUT2D eigenvalue weighted by molar-refractivity contribution is -0.141. The standard InChI is InChI=1S/C18H18F3N3/c1-2-13(9-10-22)15-7-8-16(18(19,20)21)24-17(15)14-5-3-12(11-23)4-6-14/h3-8,13H,2,9-10,22H2,1H3. The number of nitriles is 1. The molecule has 2 rings (SSSR count). The van der Waals surface area contributed by atoms with E-state index in [4.69, 9.17) is 11.0 Å². The van der Waals surface area contributed by atoms with Crippen LogP contribution in [0.15, 0.2) is 36.4 Å². The van der Waals surface area contributed by atoms with Crippen molar-refractivity contribution in [2.75, 3.05) is 6.54 Å². The van der Waals surface area contributed by atoms with Gasteiger partial charge in [0, 0.05) is 5.56 Å². The maximum atomic E-state index is 13.0. The molecule has 1 atom stereocenters. The Morgan fingerprint density at radius 2 is 1.83 bits per heavy atom. The quantitative estimate of drug-likeness (QED) is 0.877. The van der Waals surface area contributed by atoms with Gasteiger partial charge in [0.2, 0.25) is 0 Å². The van der Waals surface area contributed by atoms with Crippen molar-refractivity contribution in [1.82, 2.24) is 4.98 Å². The Balaban J connectivity index is 2.60. The molecule has 2 N–H and O–H groups in total. The fourth-order valence-electron chi connectivity index (χ4n) is 2.67. The molecule has 126 valence electrons. The second kappa shape index (κ2) is 7.45. The average Bonchev–Trinajstić information content (AvgIpc) is 2.58. The van der Waals surface area contributed by atoms with Crippen molar-refractivity contribution in [3.63, 3.8) is 0 Å². The number of rotatable bonds is 5. The number of pyridine rings is 1. The summed E-state index contributed by atoms with van der Waals surface area (Å²) in [5.74, 6) is 0.0374. The van der Waals surface area contributed by atoms with Crippen LogP contribution in [-0.4, -0.2) is 11.5 Å². The summed E-state index contributed by atoms with van der Waals surface area (Å²) in [6, 6.07) is 10.9. The Morgan fingerprint density at radius 3 is 2.33 bits per heavy atom. The molecule has 0 radical (unpaired) electrons. The Hall–Kier alpha value is -2.39. The van der Waals surface area contributed by atoms with Gasteiger partial charge in [0.15, 0.2) is 0 Å². The number of hydrogen-bond acceptors (Lipinski definition) is 3. The second-order valence-corrected chi connectivity index (χ2v) is 5.50. The Kier molecular flexibility index (Phi) is 5.58. The van der Waals surface area contributed by atoms with Crippen molar-refractivity contribution >= 4 is 0 Å². The molecular weight excluding hydrogens is 315 g/mol. The zero-order valence-electron chi connectivity index (χ0n) is 13.3. The molecule has 1 heterocycles. The van der Waals surface area contributed by atoms with Gasteiger partial charge in [-0.1, -0.05) is 25.1 Å². The first-order valence-electron chi connectivity index (χ1n) is 7.69. The Bertz CT molecular complexity index is 731. The molecule has 2 aromatic rings. The van der Waals surface area contributed by atoms with Crippen LogP contribution in [0.5, 0.6) is 0 Å². The largest absolute Gasteiger partial charge is 0.433 e. The van der Waals surface area contributed by atoms with Gasteiger partial charge in [0.25, 0.3) is 0 Å². The number of nitrogens with zero attached hydrogens (tertiary/aromatic N) is 2. The third-order valence-corrected chi connectivity index (χ3v) is 3.95. The van der Waals surface area contributed by atoms with Crippen LogP contribution in [0.1, 0.15) is 42.5 Å². The lowest BCUT2D eigenvalue weighted by Crippen LogP contribution is -2.13. The summed E-state index contributed by atoms with van der Waals surface area (Å²) in [6.45, 7) is 2.42. The molecule has 24 heavy (non-hydrogen) atoms. The number of nitrogens with two attached hydrogens (primary N) is 1. The van der Waals surface area contributed by atoms with Gasteiger partial charge in [0.1, 0.15) is 5.69 Å². The van der Waals surface area contributed by atoms with Crippen LogP contribution in [0.2, 0.25) is 0 Å². The van der Waals surface area contributed by atoms with E-state index in [2.05, 4.69) is 4.98 Å². The van der Waals surface area contributed by atoms with Crippen molar-refractivity contribution in [3.05, 3.63) is 53.2 Å². The molecule has 6 heteroatoms. The number of halogens is 3. The van der Waals surface area contributed by atoms with Crippen molar-refractivity contribution in [2.45, 2.75) is 31.9 Å². The summed E-state index contributed by atoms with van der Waals surface area (Å²) < 4.78 is 39.1. The number of aromatic nitrogens is 1. The van der Waals surface area contributed by atoms with Crippen molar-refractivity contribution < 1.29 is 13.2 Å². The summed E-state index contributed by atoms with van der Waals surface area (Å²) in [5, 5.41) is 8.87. The normalized spacial score (nSPS) is 12.7. The molecular formula is C18H18F3N3. The van der Waals surface area contributed by atoms with Gasteiger partial charge in [0.05, 0.1) is 17.3 Å². The van der Waals surface area contributed by atoms with Gasteiger partial charge in [-0.15, -0.1) is 0 Å². The number of hydrogen-bond donors (Lipinski definition) is 1. The van der Waals surface area contributed by atoms with Crippen LogP contribution in [0, 0.1) is 11.3 Å². The first-order valence-corrected chi connectivity index (χ1v) is 7.69. The van der Waals surface area contributed by atoms with Crippen LogP contribution in [-0.2, 0) is 6.18 Å². The number of alkyl halides is 3. The Morgan fingerprint density at radius 1 is 1.17 bits per heavy atom. The monoisotopic (exact) mass is 333 g/mol. The first kappa shape index (κ1) is 18.0. The summed E-state index contributed by atoms with van der Waals surface area (Å²) in [7, 11) is 0. The maximum absolute atomic E-state index is 13.0. The summed E-state index contributed by atoms with van der Waals surface area (Å²) in [6.07, 6.45) is -3.07. The van der Waals surface area contributed by atoms with Crippen LogP contribution >= 0.6 is 0 Å². The minimum Gasteiger partial charge on any atom is -0.330 e. The maximum Gasteiger partial charge on any atom is 0.433 e. The molecule has 0 bridgehead atoms. The highest BCUT2D eigenvalue weighted by molar-refractivity contribution is 5.65. The van der Waals surface area contributed by atoms with E-state index in [0.717, 1.165) is 18.1 Å². The second-order valence-electron chi connectivity index (χ2n) is 5.50. The third-order valence-electron chi connectivity index (χ3n) is 3.95. The summed E-state index contributed by atoms with van der Waals surface area (Å²) >= 11 is 0. The minimum absolute atomic E-state index is 0.0374. The van der Waals surface area contributed by atoms with E-state index in [1.165, 1.54) is 6.07 Å². The van der Waals surface area contributed by atoms with E-state index in [1.807, 2.05) is 13.0 Å². The predicted molar refractivity (Wildman–Crippen MR) is 86.1 cm³/mol. The molecule has 1 unspecified atom stereocenters. The van der Waals surface area contributed by atoms with Gasteiger partial charge < -0.3 is 5.73 Å². The van der Waals surface area contributed by atoms with Crippen LogP contribution < -0.4 is 5.73 Å². The average molecular weight is 333 g/mol. The topological polar surface area (TPSA) is 62.7 Å². The lowest BCUT2D eigenvalue weighted by Gasteiger charge is -2.19. The molecule has 0 aliphatic carbocycles. The van der Waals surface area contributed by atoms with Gasteiger partial charge in [-0.3, -0.25) is 0 Å². The van der Waals surface area contributed by atoms with Gasteiger partial charge in [-0.2, -0.15) is 18.4 Å². The molecule has 3 nitrogen and oxygen atoms in total. The predicted octanol–water partition coefficient (Wildman–Crippen LogP) is 4.48. The molecule has 1 aromatic carbocycles. The van der Waals surface area contributed by atoms with E-state index >= 15 is 0 Å². The minimum atomic E-state index is -4.50. The third kappa shape index (κ3) is 3.92. The lowest BCUT2D eigenvalue weighted by atomic mass is 9.89. The molecule has 0 saturated heterocycles. The van der Waals surface area contributed by atoms with Crippen LogP contribution in [0.25, 0.3) is 11.3 Å². The van der Waals surface area contributed by atoms with Crippen molar-refractivity contribution in [2.24, 2.45) is 5.73 Å². The number of benzene rings is 1. The highest BCUT2D eigenvalue weighted by atomic mass is 19.4. The summed E-state index contributed by atoms with van der Waals surface area (Å²) in [4.78, 5) is 3.87. The molecule has 0 saturated carbocycles. The fraction of sp³-hybridized carbons (Fsp3) is 0.333. The SMILES string of the molecule is CCC(CCN)c1ccc(C(F)(F)F)nc1-c1ccc(C#N)cc1. The molecule has 0 fully saturated rings. The highest BCUT2D eigenvalue weighted by Crippen LogP contribution is 2.35. The van der Waals surface area contributed by atoms with E-state index in [0.29, 0.717) is 29.8 Å². The van der Waals surface area contributed by atoms with E-state index in [9.17, 15) is 13.2 Å². The van der Waals surface area contributed by atoms with Gasteiger partial charge >= 0.3 is 6.18 Å². The summed E-state index contributed by atoms with van der Waals surface area (Å²) in [5.41, 5.74) is 6.77. The first-order chi connectivity index (χ1) is 11.4. The van der Waals surface area contributed by atoms with Gasteiger partial charge in [-0.25, -0.2) is 4.98 Å². The molecule has 0 aliphatic heterocycles. The fourth-order valence-corrected chi connectivity index (χ4v) is 2.67. The van der Waals surface area contributed by atoms with E-state index in [1.54, 1.807) is 24.3 Å². The zero-order chi connectivity index (χ0) is 17.7. The van der Waals surface area contributed by atoms with Crippen molar-refractivity contribution in [3.8, 4) is 17.3 Å². The smallest absolute Gasteiger partial charge is 0.330 e. The van der Waals surface area contributed by atoms with Crippen molar-refractivity contribution in [1.29, 1.82) is 5.26 Å². The van der Waals surface area contributed by atoms with Gasteiger partial charge in [-0.05, 0) is 49.1 Å². The molecule has 1 aromatic heterocycles. The molecule has 0 spiro atoms. The Labute approximate surface area is 138 Å². The van der Waals surface area contributed by atoms with E-state index < -0.39 is 11.9 Å².